The molecule has 26 heavy (non-hydrogen) atoms. The van der Waals surface area contributed by atoms with Crippen LogP contribution in [0.15, 0.2) is 22.9 Å². The van der Waals surface area contributed by atoms with Crippen LogP contribution in [0.1, 0.15) is 74.6 Å². The second-order valence-corrected chi connectivity index (χ2v) is 7.46. The fraction of sp³-hybridized carbons (Fsp3) is 0.579. The van der Waals surface area contributed by atoms with Crippen LogP contribution in [-0.4, -0.2) is 40.2 Å². The quantitative estimate of drug-likeness (QED) is 0.885. The van der Waals surface area contributed by atoms with E-state index in [1.165, 1.54) is 0 Å². The van der Waals surface area contributed by atoms with Gasteiger partial charge in [-0.2, -0.15) is 4.98 Å². The Morgan fingerprint density at radius 2 is 2.15 bits per heavy atom. The minimum atomic E-state index is -0.145. The smallest absolute Gasteiger partial charge is 0.270 e. The number of anilines is 1. The summed E-state index contributed by atoms with van der Waals surface area (Å²) in [6.07, 6.45) is 3.76. The first-order chi connectivity index (χ1) is 12.4. The van der Waals surface area contributed by atoms with Gasteiger partial charge < -0.3 is 14.7 Å². The number of amides is 1. The van der Waals surface area contributed by atoms with Crippen molar-refractivity contribution in [3.63, 3.8) is 0 Å². The average molecular weight is 357 g/mol. The van der Waals surface area contributed by atoms with Gasteiger partial charge in [0.15, 0.2) is 5.82 Å². The zero-order chi connectivity index (χ0) is 18.7. The Bertz CT molecular complexity index is 756. The molecular weight excluding hydrogens is 330 g/mol. The van der Waals surface area contributed by atoms with Crippen LogP contribution in [0.5, 0.6) is 0 Å². The molecule has 0 bridgehead atoms. The van der Waals surface area contributed by atoms with Gasteiger partial charge in [-0.1, -0.05) is 19.0 Å². The molecule has 2 aromatic heterocycles. The number of piperidine rings is 1. The van der Waals surface area contributed by atoms with Gasteiger partial charge in [-0.3, -0.25) is 9.78 Å². The maximum Gasteiger partial charge on any atom is 0.270 e. The number of pyridine rings is 1. The zero-order valence-electron chi connectivity index (χ0n) is 15.9. The van der Waals surface area contributed by atoms with Crippen LogP contribution in [-0.2, 0) is 0 Å². The highest BCUT2D eigenvalue weighted by Crippen LogP contribution is 2.29. The highest BCUT2D eigenvalue weighted by Gasteiger charge is 2.27. The van der Waals surface area contributed by atoms with Gasteiger partial charge in [0.1, 0.15) is 5.69 Å². The van der Waals surface area contributed by atoms with Crippen molar-refractivity contribution in [3.8, 4) is 0 Å². The predicted octanol–water partition coefficient (Wildman–Crippen LogP) is 3.11. The third kappa shape index (κ3) is 4.20. The van der Waals surface area contributed by atoms with E-state index in [2.05, 4.69) is 39.2 Å². The molecule has 140 valence electrons. The van der Waals surface area contributed by atoms with Gasteiger partial charge in [-0.15, -0.1) is 0 Å². The Kier molecular flexibility index (Phi) is 5.54. The standard InChI is InChI=1S/C19H27N5O2/c1-12(2)17-22-19(26-23-17)14-6-5-9-24(11-14)15-7-8-20-16(10-15)18(25)21-13(3)4/h7-8,10,12-14H,5-6,9,11H2,1-4H3,(H,21,25). The Hall–Kier alpha value is -2.44. The molecule has 1 saturated heterocycles. The summed E-state index contributed by atoms with van der Waals surface area (Å²) < 4.78 is 5.49. The van der Waals surface area contributed by atoms with Gasteiger partial charge in [-0.25, -0.2) is 0 Å². The average Bonchev–Trinajstić information content (AvgIpc) is 3.12. The van der Waals surface area contributed by atoms with Crippen LogP contribution >= 0.6 is 0 Å². The molecule has 1 amide bonds. The maximum atomic E-state index is 12.2. The normalized spacial score (nSPS) is 17.8. The molecule has 7 nitrogen and oxygen atoms in total. The molecule has 1 N–H and O–H groups in total. The van der Waals surface area contributed by atoms with Crippen molar-refractivity contribution in [3.05, 3.63) is 35.7 Å². The van der Waals surface area contributed by atoms with Gasteiger partial charge in [0.2, 0.25) is 5.89 Å². The molecule has 1 aliphatic rings. The minimum absolute atomic E-state index is 0.0833. The predicted molar refractivity (Wildman–Crippen MR) is 99.4 cm³/mol. The lowest BCUT2D eigenvalue weighted by atomic mass is 9.97. The van der Waals surface area contributed by atoms with Gasteiger partial charge in [-0.05, 0) is 38.8 Å². The second-order valence-electron chi connectivity index (χ2n) is 7.46. The van der Waals surface area contributed by atoms with Crippen molar-refractivity contribution in [2.24, 2.45) is 0 Å². The Morgan fingerprint density at radius 1 is 1.35 bits per heavy atom. The van der Waals surface area contributed by atoms with E-state index in [1.807, 2.05) is 26.0 Å². The summed E-state index contributed by atoms with van der Waals surface area (Å²) in [4.78, 5) is 23.2. The van der Waals surface area contributed by atoms with E-state index < -0.39 is 0 Å². The molecule has 0 spiro atoms. The summed E-state index contributed by atoms with van der Waals surface area (Å²) in [7, 11) is 0. The largest absolute Gasteiger partial charge is 0.371 e. The lowest BCUT2D eigenvalue weighted by Gasteiger charge is -2.32. The first-order valence-corrected chi connectivity index (χ1v) is 9.29. The van der Waals surface area contributed by atoms with Crippen molar-refractivity contribution >= 4 is 11.6 Å². The number of rotatable bonds is 5. The van der Waals surface area contributed by atoms with Crippen LogP contribution in [0.2, 0.25) is 0 Å². The number of carbonyl (C=O) groups is 1. The summed E-state index contributed by atoms with van der Waals surface area (Å²) in [5, 5.41) is 6.97. The lowest BCUT2D eigenvalue weighted by Crippen LogP contribution is -2.35. The molecule has 0 aromatic carbocycles. The molecule has 1 atom stereocenters. The third-order valence-corrected chi connectivity index (χ3v) is 4.51. The molecule has 0 radical (unpaired) electrons. The SMILES string of the molecule is CC(C)NC(=O)c1cc(N2CCCC(c3nc(C(C)C)no3)C2)ccn1. The first-order valence-electron chi connectivity index (χ1n) is 9.29. The maximum absolute atomic E-state index is 12.2. The number of nitrogens with one attached hydrogen (secondary N) is 1. The van der Waals surface area contributed by atoms with E-state index in [0.717, 1.165) is 37.4 Å². The number of carbonyl (C=O) groups excluding carboxylic acids is 1. The number of hydrogen-bond donors (Lipinski definition) is 1. The van der Waals surface area contributed by atoms with E-state index in [-0.39, 0.29) is 23.8 Å². The Labute approximate surface area is 154 Å². The van der Waals surface area contributed by atoms with Gasteiger partial charge in [0.05, 0.1) is 5.92 Å². The van der Waals surface area contributed by atoms with E-state index in [4.69, 9.17) is 4.52 Å². The fourth-order valence-electron chi connectivity index (χ4n) is 3.14. The summed E-state index contributed by atoms with van der Waals surface area (Å²) in [6, 6.07) is 3.88. The van der Waals surface area contributed by atoms with Crippen molar-refractivity contribution in [1.82, 2.24) is 20.4 Å². The lowest BCUT2D eigenvalue weighted by molar-refractivity contribution is 0.0938. The van der Waals surface area contributed by atoms with Gasteiger partial charge >= 0.3 is 0 Å². The van der Waals surface area contributed by atoms with Crippen LogP contribution in [0, 0.1) is 0 Å². The molecule has 3 heterocycles. The molecule has 1 aliphatic heterocycles. The minimum Gasteiger partial charge on any atom is -0.371 e. The second kappa shape index (κ2) is 7.85. The summed E-state index contributed by atoms with van der Waals surface area (Å²) in [5.41, 5.74) is 1.44. The van der Waals surface area contributed by atoms with Crippen LogP contribution in [0.4, 0.5) is 5.69 Å². The fourth-order valence-corrected chi connectivity index (χ4v) is 3.14. The topological polar surface area (TPSA) is 84.2 Å². The van der Waals surface area contributed by atoms with Crippen LogP contribution in [0.3, 0.4) is 0 Å². The van der Waals surface area contributed by atoms with E-state index >= 15 is 0 Å². The molecule has 3 rings (SSSR count). The van der Waals surface area contributed by atoms with Crippen molar-refractivity contribution in [2.75, 3.05) is 18.0 Å². The van der Waals surface area contributed by atoms with Crippen LogP contribution < -0.4 is 10.2 Å². The van der Waals surface area contributed by atoms with Crippen molar-refractivity contribution < 1.29 is 9.32 Å². The van der Waals surface area contributed by atoms with Crippen molar-refractivity contribution in [1.29, 1.82) is 0 Å². The molecule has 0 aliphatic carbocycles. The molecular formula is C19H27N5O2. The van der Waals surface area contributed by atoms with E-state index in [0.29, 0.717) is 11.6 Å². The first kappa shape index (κ1) is 18.4. The van der Waals surface area contributed by atoms with E-state index in [1.54, 1.807) is 6.20 Å². The number of aromatic nitrogens is 3. The summed E-state index contributed by atoms with van der Waals surface area (Å²) >= 11 is 0. The summed E-state index contributed by atoms with van der Waals surface area (Å²) in [6.45, 7) is 9.73. The Balaban J connectivity index is 1.74. The number of hydrogen-bond acceptors (Lipinski definition) is 6. The van der Waals surface area contributed by atoms with Gasteiger partial charge in [0.25, 0.3) is 5.91 Å². The molecule has 1 fully saturated rings. The summed E-state index contributed by atoms with van der Waals surface area (Å²) in [5.74, 6) is 1.80. The molecule has 0 saturated carbocycles. The van der Waals surface area contributed by atoms with Crippen molar-refractivity contribution in [2.45, 2.75) is 58.4 Å². The zero-order valence-corrected chi connectivity index (χ0v) is 15.9. The number of nitrogens with zero attached hydrogens (tertiary/aromatic N) is 4. The molecule has 1 unspecified atom stereocenters. The third-order valence-electron chi connectivity index (χ3n) is 4.51. The van der Waals surface area contributed by atoms with Crippen LogP contribution in [0.25, 0.3) is 0 Å². The molecule has 7 heteroatoms. The monoisotopic (exact) mass is 357 g/mol. The van der Waals surface area contributed by atoms with E-state index in [9.17, 15) is 4.79 Å². The highest BCUT2D eigenvalue weighted by molar-refractivity contribution is 5.93. The Morgan fingerprint density at radius 3 is 2.85 bits per heavy atom. The van der Waals surface area contributed by atoms with Gasteiger partial charge in [0, 0.05) is 36.9 Å². The highest BCUT2D eigenvalue weighted by atomic mass is 16.5. The molecule has 2 aromatic rings.